The van der Waals surface area contributed by atoms with Crippen LogP contribution in [0.15, 0.2) is 18.2 Å². The Kier molecular flexibility index (Phi) is 4.66. The van der Waals surface area contributed by atoms with E-state index in [2.05, 4.69) is 0 Å². The van der Waals surface area contributed by atoms with Crippen LogP contribution in [0.2, 0.25) is 0 Å². The first-order chi connectivity index (χ1) is 9.20. The smallest absolute Gasteiger partial charge is 0.341 e. The lowest BCUT2D eigenvalue weighted by Gasteiger charge is -2.19. The molecule has 0 bridgehead atoms. The topological polar surface area (TPSA) is 61.5 Å². The quantitative estimate of drug-likeness (QED) is 0.517. The largest absolute Gasteiger partial charge is 0.489 e. The molecule has 4 heteroatoms. The Labute approximate surface area is 113 Å². The number of hydrogen-bond acceptors (Lipinski definition) is 4. The van der Waals surface area contributed by atoms with E-state index < -0.39 is 0 Å². The molecule has 1 aromatic rings. The van der Waals surface area contributed by atoms with Crippen molar-refractivity contribution in [3.8, 4) is 5.75 Å². The number of anilines is 1. The zero-order valence-corrected chi connectivity index (χ0v) is 11.4. The highest BCUT2D eigenvalue weighted by Crippen LogP contribution is 2.27. The molecule has 1 aromatic carbocycles. The van der Waals surface area contributed by atoms with Crippen LogP contribution >= 0.6 is 0 Å². The summed E-state index contributed by atoms with van der Waals surface area (Å²) in [6.45, 7) is 0. The maximum atomic E-state index is 11.7. The van der Waals surface area contributed by atoms with Gasteiger partial charge in [0.05, 0.1) is 13.2 Å². The fourth-order valence-electron chi connectivity index (χ4n) is 2.45. The van der Waals surface area contributed by atoms with Crippen molar-refractivity contribution < 1.29 is 14.3 Å². The van der Waals surface area contributed by atoms with E-state index in [1.807, 2.05) is 0 Å². The van der Waals surface area contributed by atoms with Crippen LogP contribution < -0.4 is 10.5 Å². The molecule has 0 unspecified atom stereocenters. The van der Waals surface area contributed by atoms with Gasteiger partial charge in [0.25, 0.3) is 0 Å². The van der Waals surface area contributed by atoms with E-state index in [1.165, 1.54) is 32.8 Å². The third-order valence-electron chi connectivity index (χ3n) is 3.51. The summed E-state index contributed by atoms with van der Waals surface area (Å²) in [5, 5.41) is 0. The minimum absolute atomic E-state index is 0.174. The number of carbonyl (C=O) groups is 1. The van der Waals surface area contributed by atoms with Gasteiger partial charge in [0.2, 0.25) is 0 Å². The fraction of sp³-hybridized carbons (Fsp3) is 0.533. The van der Waals surface area contributed by atoms with Gasteiger partial charge in [-0.25, -0.2) is 4.79 Å². The molecule has 0 saturated heterocycles. The van der Waals surface area contributed by atoms with E-state index in [0.717, 1.165) is 12.8 Å². The monoisotopic (exact) mass is 263 g/mol. The number of esters is 1. The van der Waals surface area contributed by atoms with Gasteiger partial charge in [0, 0.05) is 11.8 Å². The molecular weight excluding hydrogens is 242 g/mol. The summed E-state index contributed by atoms with van der Waals surface area (Å²) in [5.41, 5.74) is 6.81. The average molecular weight is 263 g/mol. The molecule has 104 valence electrons. The van der Waals surface area contributed by atoms with Gasteiger partial charge in [-0.3, -0.25) is 0 Å². The average Bonchev–Trinajstić information content (AvgIpc) is 2.67. The van der Waals surface area contributed by atoms with E-state index >= 15 is 0 Å². The Balaban J connectivity index is 2.17. The van der Waals surface area contributed by atoms with Crippen molar-refractivity contribution in [3.63, 3.8) is 0 Å². The second-order valence-corrected chi connectivity index (χ2v) is 4.98. The SMILES string of the molecule is COC(=O)c1ccc(N)cc1OC1CCCCCC1. The lowest BCUT2D eigenvalue weighted by atomic mass is 10.1. The van der Waals surface area contributed by atoms with Crippen LogP contribution in [0, 0.1) is 0 Å². The van der Waals surface area contributed by atoms with Crippen LogP contribution in [-0.2, 0) is 4.74 Å². The zero-order valence-electron chi connectivity index (χ0n) is 11.4. The third-order valence-corrected chi connectivity index (χ3v) is 3.51. The number of rotatable bonds is 3. The highest BCUT2D eigenvalue weighted by atomic mass is 16.5. The van der Waals surface area contributed by atoms with E-state index in [9.17, 15) is 4.79 Å². The first-order valence-electron chi connectivity index (χ1n) is 6.85. The zero-order chi connectivity index (χ0) is 13.7. The summed E-state index contributed by atoms with van der Waals surface area (Å²) >= 11 is 0. The van der Waals surface area contributed by atoms with Crippen LogP contribution in [0.5, 0.6) is 5.75 Å². The van der Waals surface area contributed by atoms with E-state index in [-0.39, 0.29) is 12.1 Å². The van der Waals surface area contributed by atoms with Crippen molar-refractivity contribution >= 4 is 11.7 Å². The lowest BCUT2D eigenvalue weighted by molar-refractivity contribution is 0.0592. The van der Waals surface area contributed by atoms with Crippen molar-refractivity contribution in [1.82, 2.24) is 0 Å². The highest BCUT2D eigenvalue weighted by Gasteiger charge is 2.19. The number of hydrogen-bond donors (Lipinski definition) is 1. The Morgan fingerprint density at radius 1 is 1.21 bits per heavy atom. The van der Waals surface area contributed by atoms with E-state index in [4.69, 9.17) is 15.2 Å². The Bertz CT molecular complexity index is 437. The van der Waals surface area contributed by atoms with Gasteiger partial charge < -0.3 is 15.2 Å². The summed E-state index contributed by atoms with van der Waals surface area (Å²) in [4.78, 5) is 11.7. The molecular formula is C15H21NO3. The first kappa shape index (κ1) is 13.7. The maximum absolute atomic E-state index is 11.7. The molecule has 1 aliphatic carbocycles. The molecule has 0 amide bonds. The Hall–Kier alpha value is -1.71. The van der Waals surface area contributed by atoms with E-state index in [1.54, 1.807) is 18.2 Å². The van der Waals surface area contributed by atoms with Gasteiger partial charge in [-0.1, -0.05) is 12.8 Å². The molecule has 4 nitrogen and oxygen atoms in total. The molecule has 1 fully saturated rings. The summed E-state index contributed by atoms with van der Waals surface area (Å²) in [6.07, 6.45) is 7.14. The number of benzene rings is 1. The van der Waals surface area contributed by atoms with Crippen molar-refractivity contribution in [2.24, 2.45) is 0 Å². The van der Waals surface area contributed by atoms with Gasteiger partial charge in [0.1, 0.15) is 11.3 Å². The van der Waals surface area contributed by atoms with Crippen LogP contribution in [-0.4, -0.2) is 19.2 Å². The minimum Gasteiger partial charge on any atom is -0.489 e. The standard InChI is InChI=1S/C15H21NO3/c1-18-15(17)13-9-8-11(16)10-14(13)19-12-6-4-2-3-5-7-12/h8-10,12H,2-7,16H2,1H3. The summed E-state index contributed by atoms with van der Waals surface area (Å²) in [6, 6.07) is 5.05. The summed E-state index contributed by atoms with van der Waals surface area (Å²) in [5.74, 6) is 0.155. The predicted molar refractivity (Wildman–Crippen MR) is 74.3 cm³/mol. The van der Waals surface area contributed by atoms with Crippen molar-refractivity contribution in [3.05, 3.63) is 23.8 Å². The number of carbonyl (C=O) groups excluding carboxylic acids is 1. The van der Waals surface area contributed by atoms with Gasteiger partial charge in [-0.15, -0.1) is 0 Å². The van der Waals surface area contributed by atoms with Crippen molar-refractivity contribution in [2.75, 3.05) is 12.8 Å². The predicted octanol–water partition coefficient (Wildman–Crippen LogP) is 3.16. The number of methoxy groups -OCH3 is 1. The Morgan fingerprint density at radius 2 is 1.89 bits per heavy atom. The van der Waals surface area contributed by atoms with Crippen LogP contribution in [0.4, 0.5) is 5.69 Å². The first-order valence-corrected chi connectivity index (χ1v) is 6.85. The normalized spacial score (nSPS) is 16.7. The fourth-order valence-corrected chi connectivity index (χ4v) is 2.45. The number of nitrogens with two attached hydrogens (primary N) is 1. The molecule has 0 aliphatic heterocycles. The molecule has 1 saturated carbocycles. The highest BCUT2D eigenvalue weighted by molar-refractivity contribution is 5.93. The van der Waals surface area contributed by atoms with E-state index in [0.29, 0.717) is 17.0 Å². The lowest BCUT2D eigenvalue weighted by Crippen LogP contribution is -2.17. The Morgan fingerprint density at radius 3 is 2.53 bits per heavy atom. The van der Waals surface area contributed by atoms with Crippen molar-refractivity contribution in [1.29, 1.82) is 0 Å². The van der Waals surface area contributed by atoms with Gasteiger partial charge in [0.15, 0.2) is 0 Å². The molecule has 1 aliphatic rings. The second kappa shape index (κ2) is 6.45. The molecule has 0 spiro atoms. The summed E-state index contributed by atoms with van der Waals surface area (Å²) < 4.78 is 10.8. The number of nitrogen functional groups attached to an aromatic ring is 1. The molecule has 0 aromatic heterocycles. The molecule has 19 heavy (non-hydrogen) atoms. The van der Waals surface area contributed by atoms with Gasteiger partial charge >= 0.3 is 5.97 Å². The van der Waals surface area contributed by atoms with Gasteiger partial charge in [-0.2, -0.15) is 0 Å². The molecule has 2 N–H and O–H groups in total. The van der Waals surface area contributed by atoms with Gasteiger partial charge in [-0.05, 0) is 37.8 Å². The minimum atomic E-state index is -0.386. The van der Waals surface area contributed by atoms with Crippen LogP contribution in [0.3, 0.4) is 0 Å². The molecule has 0 radical (unpaired) electrons. The summed E-state index contributed by atoms with van der Waals surface area (Å²) in [7, 11) is 1.37. The van der Waals surface area contributed by atoms with Crippen molar-refractivity contribution in [2.45, 2.75) is 44.6 Å². The second-order valence-electron chi connectivity index (χ2n) is 4.98. The number of ether oxygens (including phenoxy) is 2. The van der Waals surface area contributed by atoms with Crippen LogP contribution in [0.25, 0.3) is 0 Å². The molecule has 0 atom stereocenters. The maximum Gasteiger partial charge on any atom is 0.341 e. The van der Waals surface area contributed by atoms with Crippen LogP contribution in [0.1, 0.15) is 48.9 Å². The molecule has 2 rings (SSSR count). The third kappa shape index (κ3) is 3.63. The molecule has 0 heterocycles.